The Balaban J connectivity index is 1.46. The molecule has 0 saturated heterocycles. The molecule has 1 aliphatic heterocycles. The maximum Gasteiger partial charge on any atom is 0.0343 e. The van der Waals surface area contributed by atoms with Crippen LogP contribution in [0.4, 0.5) is 0 Å². The Kier molecular flexibility index (Phi) is 4.68. The van der Waals surface area contributed by atoms with Gasteiger partial charge in [0.1, 0.15) is 0 Å². The summed E-state index contributed by atoms with van der Waals surface area (Å²) in [7, 11) is 2.27. The lowest BCUT2D eigenvalue weighted by Crippen LogP contribution is -2.48. The maximum atomic E-state index is 4.58. The van der Waals surface area contributed by atoms with Crippen molar-refractivity contribution in [2.24, 2.45) is 28.6 Å². The van der Waals surface area contributed by atoms with E-state index in [1.807, 2.05) is 6.20 Å². The van der Waals surface area contributed by atoms with Crippen LogP contribution in [0.5, 0.6) is 0 Å². The highest BCUT2D eigenvalue weighted by Crippen LogP contribution is 2.66. The summed E-state index contributed by atoms with van der Waals surface area (Å²) in [5, 5.41) is 0. The summed E-state index contributed by atoms with van der Waals surface area (Å²) in [5.74, 6) is 2.58. The molecule has 156 valence electrons. The van der Waals surface area contributed by atoms with Crippen LogP contribution >= 0.6 is 0 Å². The Morgan fingerprint density at radius 1 is 1.10 bits per heavy atom. The average Bonchev–Trinajstić information content (AvgIpc) is 2.99. The Morgan fingerprint density at radius 3 is 2.79 bits per heavy atom. The van der Waals surface area contributed by atoms with Gasteiger partial charge >= 0.3 is 0 Å². The number of aromatic nitrogens is 1. The van der Waals surface area contributed by atoms with Crippen LogP contribution in [-0.2, 0) is 6.42 Å². The Hall–Kier alpha value is -1.57. The van der Waals surface area contributed by atoms with Crippen LogP contribution in [0.15, 0.2) is 36.3 Å². The van der Waals surface area contributed by atoms with Gasteiger partial charge in [-0.15, -0.1) is 0 Å². The number of allylic oxidation sites excluding steroid dienone is 3. The summed E-state index contributed by atoms with van der Waals surface area (Å²) in [5.41, 5.74) is 6.90. The topological polar surface area (TPSA) is 16.1 Å². The second-order valence-corrected chi connectivity index (χ2v) is 10.8. The Labute approximate surface area is 177 Å². The fourth-order valence-electron chi connectivity index (χ4n) is 7.75. The van der Waals surface area contributed by atoms with Crippen LogP contribution < -0.4 is 0 Å². The molecule has 3 aliphatic carbocycles. The molecule has 0 N–H and O–H groups in total. The average molecular weight is 391 g/mol. The predicted octanol–water partition coefficient (Wildman–Crippen LogP) is 6.49. The van der Waals surface area contributed by atoms with E-state index >= 15 is 0 Å². The first-order valence-corrected chi connectivity index (χ1v) is 12.0. The SMILES string of the molecule is CCc1cncc(C2=CCC3C4CCC5=CN(C)CCC[C@]5(C)C4CC[C@]23C)c1. The van der Waals surface area contributed by atoms with Crippen molar-refractivity contribution in [2.45, 2.75) is 72.1 Å². The molecule has 1 aromatic rings. The molecule has 0 aromatic carbocycles. The van der Waals surface area contributed by atoms with Gasteiger partial charge in [0.05, 0.1) is 0 Å². The summed E-state index contributed by atoms with van der Waals surface area (Å²) in [6.07, 6.45) is 19.8. The van der Waals surface area contributed by atoms with Gasteiger partial charge < -0.3 is 4.90 Å². The molecule has 2 saturated carbocycles. The smallest absolute Gasteiger partial charge is 0.0343 e. The second kappa shape index (κ2) is 7.00. The summed E-state index contributed by atoms with van der Waals surface area (Å²) in [6, 6.07) is 2.41. The lowest BCUT2D eigenvalue weighted by atomic mass is 9.47. The van der Waals surface area contributed by atoms with Crippen molar-refractivity contribution in [3.8, 4) is 0 Å². The molecule has 4 aliphatic rings. The van der Waals surface area contributed by atoms with E-state index in [1.165, 1.54) is 62.6 Å². The van der Waals surface area contributed by atoms with Crippen LogP contribution in [0.2, 0.25) is 0 Å². The number of hydrogen-bond donors (Lipinski definition) is 0. The minimum atomic E-state index is 0.342. The largest absolute Gasteiger partial charge is 0.380 e. The number of pyridine rings is 1. The molecule has 0 amide bonds. The third-order valence-electron chi connectivity index (χ3n) is 9.41. The molecule has 2 fully saturated rings. The minimum absolute atomic E-state index is 0.342. The van der Waals surface area contributed by atoms with Gasteiger partial charge in [-0.2, -0.15) is 0 Å². The molecule has 2 nitrogen and oxygen atoms in total. The molecule has 5 rings (SSSR count). The monoisotopic (exact) mass is 390 g/mol. The Morgan fingerprint density at radius 2 is 1.97 bits per heavy atom. The van der Waals surface area contributed by atoms with Crippen LogP contribution in [0.1, 0.15) is 76.8 Å². The lowest BCUT2D eigenvalue weighted by molar-refractivity contribution is -0.0186. The Bertz CT molecular complexity index is 852. The summed E-state index contributed by atoms with van der Waals surface area (Å²) >= 11 is 0. The quantitative estimate of drug-likeness (QED) is 0.574. The van der Waals surface area contributed by atoms with E-state index in [0.29, 0.717) is 10.8 Å². The van der Waals surface area contributed by atoms with E-state index in [1.54, 1.807) is 11.1 Å². The molecular formula is C27H38N2. The third kappa shape index (κ3) is 2.93. The van der Waals surface area contributed by atoms with Crippen LogP contribution in [0.3, 0.4) is 0 Å². The van der Waals surface area contributed by atoms with Gasteiger partial charge in [0.2, 0.25) is 0 Å². The third-order valence-corrected chi connectivity index (χ3v) is 9.41. The van der Waals surface area contributed by atoms with E-state index in [4.69, 9.17) is 0 Å². The maximum absolute atomic E-state index is 4.58. The first-order valence-electron chi connectivity index (χ1n) is 12.0. The summed E-state index contributed by atoms with van der Waals surface area (Å²) in [6.45, 7) is 8.66. The summed E-state index contributed by atoms with van der Waals surface area (Å²) < 4.78 is 0. The van der Waals surface area contributed by atoms with Gasteiger partial charge in [-0.3, -0.25) is 4.98 Å². The highest BCUT2D eigenvalue weighted by molar-refractivity contribution is 5.72. The molecule has 5 atom stereocenters. The molecule has 1 aromatic heterocycles. The standard InChI is InChI=1S/C27H38N2/c1-5-19-15-20(17-28-16-19)23-9-10-24-22-8-7-21-18-29(4)14-6-12-26(21,2)25(22)11-13-27(23,24)3/h9,15-18,22,24-25H,5-8,10-14H2,1-4H3/t22?,24?,25?,26-,27+/m0/s1. The number of hydrogen-bond acceptors (Lipinski definition) is 2. The van der Waals surface area contributed by atoms with Gasteiger partial charge in [-0.25, -0.2) is 0 Å². The molecule has 3 unspecified atom stereocenters. The number of aryl methyl sites for hydroxylation is 1. The fraction of sp³-hybridized carbons (Fsp3) is 0.667. The molecule has 2 heteroatoms. The molecule has 0 radical (unpaired) electrons. The zero-order valence-electron chi connectivity index (χ0n) is 18.9. The first kappa shape index (κ1) is 19.4. The van der Waals surface area contributed by atoms with E-state index in [9.17, 15) is 0 Å². The normalized spacial score (nSPS) is 39.0. The zero-order valence-corrected chi connectivity index (χ0v) is 18.9. The molecule has 2 heterocycles. The van der Waals surface area contributed by atoms with Crippen molar-refractivity contribution in [3.05, 3.63) is 47.4 Å². The predicted molar refractivity (Wildman–Crippen MR) is 121 cm³/mol. The van der Waals surface area contributed by atoms with Gasteiger partial charge in [0.25, 0.3) is 0 Å². The van der Waals surface area contributed by atoms with Crippen LogP contribution in [0, 0.1) is 28.6 Å². The zero-order chi connectivity index (χ0) is 20.2. The van der Waals surface area contributed by atoms with E-state index in [0.717, 1.165) is 24.2 Å². The van der Waals surface area contributed by atoms with E-state index in [-0.39, 0.29) is 0 Å². The summed E-state index contributed by atoms with van der Waals surface area (Å²) in [4.78, 5) is 7.03. The van der Waals surface area contributed by atoms with Crippen molar-refractivity contribution < 1.29 is 0 Å². The van der Waals surface area contributed by atoms with Crippen molar-refractivity contribution >= 4 is 5.57 Å². The molecule has 0 spiro atoms. The lowest BCUT2D eigenvalue weighted by Gasteiger charge is -2.57. The van der Waals surface area contributed by atoms with Crippen LogP contribution in [0.25, 0.3) is 5.57 Å². The molecule has 29 heavy (non-hydrogen) atoms. The van der Waals surface area contributed by atoms with Crippen LogP contribution in [-0.4, -0.2) is 23.5 Å². The van der Waals surface area contributed by atoms with Crippen molar-refractivity contribution in [3.63, 3.8) is 0 Å². The highest BCUT2D eigenvalue weighted by Gasteiger charge is 2.56. The number of fused-ring (bicyclic) bond motifs is 5. The van der Waals surface area contributed by atoms with Crippen molar-refractivity contribution in [1.82, 2.24) is 9.88 Å². The minimum Gasteiger partial charge on any atom is -0.380 e. The highest BCUT2D eigenvalue weighted by atomic mass is 15.1. The van der Waals surface area contributed by atoms with E-state index in [2.05, 4.69) is 62.2 Å². The van der Waals surface area contributed by atoms with Crippen molar-refractivity contribution in [2.75, 3.05) is 13.6 Å². The first-order chi connectivity index (χ1) is 14.0. The number of rotatable bonds is 2. The number of nitrogens with zero attached hydrogens (tertiary/aromatic N) is 2. The second-order valence-electron chi connectivity index (χ2n) is 10.8. The van der Waals surface area contributed by atoms with Gasteiger partial charge in [0, 0.05) is 26.0 Å². The van der Waals surface area contributed by atoms with Gasteiger partial charge in [-0.05, 0) is 114 Å². The molecular weight excluding hydrogens is 352 g/mol. The fourth-order valence-corrected chi connectivity index (χ4v) is 7.75. The molecule has 0 bridgehead atoms. The van der Waals surface area contributed by atoms with Gasteiger partial charge in [0.15, 0.2) is 0 Å². The van der Waals surface area contributed by atoms with E-state index < -0.39 is 0 Å². The van der Waals surface area contributed by atoms with Gasteiger partial charge in [-0.1, -0.05) is 26.8 Å². The van der Waals surface area contributed by atoms with Crippen molar-refractivity contribution in [1.29, 1.82) is 0 Å².